The second kappa shape index (κ2) is 10.1. The van der Waals surface area contributed by atoms with Crippen LogP contribution in [0.4, 0.5) is 5.69 Å². The maximum absolute atomic E-state index is 12.4. The number of hydrogen-bond donors (Lipinski definition) is 1. The summed E-state index contributed by atoms with van der Waals surface area (Å²) in [7, 11) is 0. The third-order valence-electron chi connectivity index (χ3n) is 4.63. The number of nitrogens with one attached hydrogen (secondary N) is 1. The zero-order valence-corrected chi connectivity index (χ0v) is 17.0. The summed E-state index contributed by atoms with van der Waals surface area (Å²) in [6, 6.07) is 35.2. The van der Waals surface area contributed by atoms with Gasteiger partial charge in [-0.1, -0.05) is 66.7 Å². The molecule has 0 aliphatic heterocycles. The summed E-state index contributed by atoms with van der Waals surface area (Å²) in [5.41, 5.74) is 3.30. The predicted molar refractivity (Wildman–Crippen MR) is 121 cm³/mol. The van der Waals surface area contributed by atoms with E-state index >= 15 is 0 Å². The topological polar surface area (TPSA) is 47.6 Å². The molecule has 1 radical (unpaired) electrons. The summed E-state index contributed by atoms with van der Waals surface area (Å²) in [4.78, 5) is 12.4. The van der Waals surface area contributed by atoms with Gasteiger partial charge in [0.25, 0.3) is 5.91 Å². The molecule has 4 nitrogen and oxygen atoms in total. The van der Waals surface area contributed by atoms with Crippen LogP contribution in [0.3, 0.4) is 0 Å². The maximum atomic E-state index is 12.4. The highest BCUT2D eigenvalue weighted by molar-refractivity contribution is 6.04. The van der Waals surface area contributed by atoms with E-state index in [0.717, 1.165) is 16.9 Å². The summed E-state index contributed by atoms with van der Waals surface area (Å²) in [6.07, 6.45) is 0. The fraction of sp³-hybridized carbons (Fsp3) is 0.0741. The smallest absolute Gasteiger partial charge is 0.255 e. The first-order chi connectivity index (χ1) is 15.3. The highest BCUT2D eigenvalue weighted by Gasteiger charge is 2.07. The van der Waals surface area contributed by atoms with Gasteiger partial charge in [-0.15, -0.1) is 0 Å². The molecular formula is C27H22NO3. The third-order valence-corrected chi connectivity index (χ3v) is 4.63. The molecule has 0 bridgehead atoms. The minimum absolute atomic E-state index is 0.201. The van der Waals surface area contributed by atoms with E-state index in [9.17, 15) is 4.79 Å². The average Bonchev–Trinajstić information content (AvgIpc) is 2.83. The summed E-state index contributed by atoms with van der Waals surface area (Å²) >= 11 is 0. The van der Waals surface area contributed by atoms with Gasteiger partial charge in [0.1, 0.15) is 24.7 Å². The third kappa shape index (κ3) is 5.97. The number of hydrogen-bond acceptors (Lipinski definition) is 3. The first kappa shape index (κ1) is 20.2. The number of ether oxygens (including phenoxy) is 2. The van der Waals surface area contributed by atoms with Crippen molar-refractivity contribution in [2.45, 2.75) is 13.2 Å². The fourth-order valence-electron chi connectivity index (χ4n) is 2.98. The molecule has 1 N–H and O–H groups in total. The van der Waals surface area contributed by atoms with Gasteiger partial charge in [-0.05, 0) is 47.5 Å². The molecule has 0 unspecified atom stereocenters. The number of carbonyl (C=O) groups excluding carboxylic acids is 1. The molecular weight excluding hydrogens is 386 g/mol. The van der Waals surface area contributed by atoms with Crippen molar-refractivity contribution in [2.75, 3.05) is 5.32 Å². The number of carbonyl (C=O) groups is 1. The van der Waals surface area contributed by atoms with Gasteiger partial charge in [0.15, 0.2) is 0 Å². The van der Waals surface area contributed by atoms with Gasteiger partial charge >= 0.3 is 0 Å². The van der Waals surface area contributed by atoms with Crippen LogP contribution in [-0.2, 0) is 13.2 Å². The molecule has 0 heterocycles. The lowest BCUT2D eigenvalue weighted by Gasteiger charge is -2.10. The Hall–Kier alpha value is -4.05. The van der Waals surface area contributed by atoms with Gasteiger partial charge in [-0.2, -0.15) is 0 Å². The van der Waals surface area contributed by atoms with E-state index in [2.05, 4.69) is 11.4 Å². The SMILES string of the molecule is O=C(Nc1[c]cccc1)c1cccc(OCc2ccc(OCc3ccccc3)cc2)c1. The molecule has 0 atom stereocenters. The van der Waals surface area contributed by atoms with Gasteiger partial charge in [0.05, 0.1) is 0 Å². The van der Waals surface area contributed by atoms with Gasteiger partial charge < -0.3 is 14.8 Å². The molecule has 4 aromatic rings. The lowest BCUT2D eigenvalue weighted by molar-refractivity contribution is 0.102. The Morgan fingerprint density at radius 1 is 0.710 bits per heavy atom. The van der Waals surface area contributed by atoms with Crippen molar-refractivity contribution in [1.29, 1.82) is 0 Å². The van der Waals surface area contributed by atoms with Crippen LogP contribution in [0.5, 0.6) is 11.5 Å². The van der Waals surface area contributed by atoms with Crippen molar-refractivity contribution in [1.82, 2.24) is 0 Å². The fourth-order valence-corrected chi connectivity index (χ4v) is 2.98. The van der Waals surface area contributed by atoms with Crippen LogP contribution in [-0.4, -0.2) is 5.91 Å². The lowest BCUT2D eigenvalue weighted by Crippen LogP contribution is -2.11. The zero-order valence-electron chi connectivity index (χ0n) is 17.0. The largest absolute Gasteiger partial charge is 0.489 e. The molecule has 153 valence electrons. The second-order valence-electron chi connectivity index (χ2n) is 6.97. The van der Waals surface area contributed by atoms with E-state index in [1.807, 2.05) is 72.8 Å². The van der Waals surface area contributed by atoms with Crippen molar-refractivity contribution in [2.24, 2.45) is 0 Å². The Kier molecular flexibility index (Phi) is 6.61. The number of anilines is 1. The minimum Gasteiger partial charge on any atom is -0.489 e. The molecule has 0 saturated heterocycles. The first-order valence-electron chi connectivity index (χ1n) is 10.0. The molecule has 31 heavy (non-hydrogen) atoms. The summed E-state index contributed by atoms with van der Waals surface area (Å²) in [5.74, 6) is 1.24. The standard InChI is InChI=1S/C27H22NO3/c29-27(28-24-11-5-2-6-12-24)23-10-7-13-26(18-23)31-20-22-14-16-25(17-15-22)30-19-21-8-3-1-4-9-21/h1-11,13-18H,19-20H2,(H,28,29). The van der Waals surface area contributed by atoms with E-state index in [4.69, 9.17) is 9.47 Å². The minimum atomic E-state index is -0.201. The van der Waals surface area contributed by atoms with Gasteiger partial charge in [0.2, 0.25) is 0 Å². The molecule has 1 amide bonds. The molecule has 4 aromatic carbocycles. The zero-order chi connectivity index (χ0) is 21.3. The van der Waals surface area contributed by atoms with Gasteiger partial charge in [-0.25, -0.2) is 0 Å². The van der Waals surface area contributed by atoms with Crippen LogP contribution in [0, 0.1) is 6.07 Å². The van der Waals surface area contributed by atoms with E-state index < -0.39 is 0 Å². The van der Waals surface area contributed by atoms with Crippen LogP contribution in [0.1, 0.15) is 21.5 Å². The van der Waals surface area contributed by atoms with Crippen molar-refractivity contribution < 1.29 is 14.3 Å². The Morgan fingerprint density at radius 2 is 1.42 bits per heavy atom. The molecule has 4 heteroatoms. The molecule has 0 aliphatic rings. The molecule has 0 aromatic heterocycles. The Balaban J connectivity index is 1.30. The number of amides is 1. The van der Waals surface area contributed by atoms with E-state index in [-0.39, 0.29) is 5.91 Å². The average molecular weight is 408 g/mol. The first-order valence-corrected chi connectivity index (χ1v) is 10.0. The second-order valence-corrected chi connectivity index (χ2v) is 6.97. The summed E-state index contributed by atoms with van der Waals surface area (Å²) in [5, 5.41) is 2.83. The molecule has 0 spiro atoms. The monoisotopic (exact) mass is 408 g/mol. The summed E-state index contributed by atoms with van der Waals surface area (Å²) in [6.45, 7) is 0.933. The van der Waals surface area contributed by atoms with Crippen LogP contribution >= 0.6 is 0 Å². The Labute approximate surface area is 182 Å². The Morgan fingerprint density at radius 3 is 2.16 bits per heavy atom. The quantitative estimate of drug-likeness (QED) is 0.395. The highest BCUT2D eigenvalue weighted by Crippen LogP contribution is 2.19. The van der Waals surface area contributed by atoms with Crippen molar-refractivity contribution in [3.63, 3.8) is 0 Å². The van der Waals surface area contributed by atoms with Crippen molar-refractivity contribution in [3.05, 3.63) is 126 Å². The lowest BCUT2D eigenvalue weighted by atomic mass is 10.2. The van der Waals surface area contributed by atoms with Crippen molar-refractivity contribution >= 4 is 11.6 Å². The maximum Gasteiger partial charge on any atom is 0.255 e. The number of para-hydroxylation sites is 1. The van der Waals surface area contributed by atoms with E-state index in [0.29, 0.717) is 30.2 Å². The Bertz CT molecular complexity index is 1110. The number of benzene rings is 4. The summed E-state index contributed by atoms with van der Waals surface area (Å²) < 4.78 is 11.7. The predicted octanol–water partition coefficient (Wildman–Crippen LogP) is 5.90. The molecule has 4 rings (SSSR count). The van der Waals surface area contributed by atoms with E-state index in [1.54, 1.807) is 30.3 Å². The van der Waals surface area contributed by atoms with Gasteiger partial charge in [-0.3, -0.25) is 4.79 Å². The highest BCUT2D eigenvalue weighted by atomic mass is 16.5. The van der Waals surface area contributed by atoms with Crippen molar-refractivity contribution in [3.8, 4) is 11.5 Å². The molecule has 0 aliphatic carbocycles. The van der Waals surface area contributed by atoms with E-state index in [1.165, 1.54) is 0 Å². The van der Waals surface area contributed by atoms with Gasteiger partial charge in [0, 0.05) is 17.3 Å². The van der Waals surface area contributed by atoms with Crippen LogP contribution in [0.15, 0.2) is 103 Å². The molecule has 0 saturated carbocycles. The number of rotatable bonds is 8. The van der Waals surface area contributed by atoms with Crippen LogP contribution in [0.2, 0.25) is 0 Å². The molecule has 0 fully saturated rings. The van der Waals surface area contributed by atoms with Crippen LogP contribution in [0.25, 0.3) is 0 Å². The van der Waals surface area contributed by atoms with Crippen LogP contribution < -0.4 is 14.8 Å². The normalized spacial score (nSPS) is 10.3.